The predicted octanol–water partition coefficient (Wildman–Crippen LogP) is 1.26. The van der Waals surface area contributed by atoms with Crippen molar-refractivity contribution in [3.63, 3.8) is 0 Å². The highest BCUT2D eigenvalue weighted by molar-refractivity contribution is 9.10. The van der Waals surface area contributed by atoms with Gasteiger partial charge in [-0.15, -0.1) is 0 Å². The fraction of sp³-hybridized carbons (Fsp3) is 0.333. The summed E-state index contributed by atoms with van der Waals surface area (Å²) in [5, 5.41) is 6.26. The molecule has 1 saturated heterocycles. The lowest BCUT2D eigenvalue weighted by atomic mass is 10.3. The van der Waals surface area contributed by atoms with Crippen LogP contribution in [0.4, 0.5) is 0 Å². The molecule has 1 fully saturated rings. The number of H-pyrrole nitrogens is 1. The normalized spacial score (nSPS) is 18.2. The molecule has 1 aliphatic heterocycles. The molecular formula is C12H12BrN5O2. The van der Waals surface area contributed by atoms with Crippen LogP contribution in [0.5, 0.6) is 5.88 Å². The van der Waals surface area contributed by atoms with Gasteiger partial charge in [0.25, 0.3) is 5.91 Å². The van der Waals surface area contributed by atoms with Crippen LogP contribution >= 0.6 is 15.9 Å². The molecule has 2 aromatic rings. The summed E-state index contributed by atoms with van der Waals surface area (Å²) in [6, 6.07) is 3.69. The van der Waals surface area contributed by atoms with E-state index >= 15 is 0 Å². The Morgan fingerprint density at radius 1 is 1.50 bits per heavy atom. The van der Waals surface area contributed by atoms with Gasteiger partial charge in [0.1, 0.15) is 12.4 Å². The first-order valence-corrected chi connectivity index (χ1v) is 6.95. The molecule has 1 N–H and O–H groups in total. The number of pyridine rings is 1. The molecule has 1 amide bonds. The lowest BCUT2D eigenvalue weighted by Gasteiger charge is -2.16. The summed E-state index contributed by atoms with van der Waals surface area (Å²) in [6.07, 6.45) is 3.70. The second kappa shape index (κ2) is 5.58. The van der Waals surface area contributed by atoms with Gasteiger partial charge in [0.2, 0.25) is 11.7 Å². The minimum Gasteiger partial charge on any atom is -0.472 e. The Morgan fingerprint density at radius 2 is 2.40 bits per heavy atom. The number of hydrogen-bond acceptors (Lipinski definition) is 5. The number of rotatable bonds is 3. The SMILES string of the molecule is O=C(c1ncn[nH]1)N1CCC(Oc2ncccc2Br)C1. The molecule has 1 aliphatic rings. The second-order valence-electron chi connectivity index (χ2n) is 4.40. The number of aromatic amines is 1. The molecule has 3 rings (SSSR count). The maximum Gasteiger partial charge on any atom is 0.291 e. The Kier molecular flexibility index (Phi) is 3.64. The fourth-order valence-corrected chi connectivity index (χ4v) is 2.43. The van der Waals surface area contributed by atoms with Gasteiger partial charge in [-0.25, -0.2) is 9.97 Å². The quantitative estimate of drug-likeness (QED) is 0.911. The van der Waals surface area contributed by atoms with E-state index in [1.807, 2.05) is 12.1 Å². The van der Waals surface area contributed by atoms with Crippen molar-refractivity contribution in [2.24, 2.45) is 0 Å². The largest absolute Gasteiger partial charge is 0.472 e. The van der Waals surface area contributed by atoms with Crippen molar-refractivity contribution < 1.29 is 9.53 Å². The Labute approximate surface area is 123 Å². The number of aromatic nitrogens is 4. The number of hydrogen-bond donors (Lipinski definition) is 1. The average molecular weight is 338 g/mol. The molecule has 0 spiro atoms. The Balaban J connectivity index is 1.63. The standard InChI is InChI=1S/C12H12BrN5O2/c13-9-2-1-4-14-11(9)20-8-3-5-18(6-8)12(19)10-15-7-16-17-10/h1-2,4,7-8H,3,5-6H2,(H,15,16,17). The summed E-state index contributed by atoms with van der Waals surface area (Å²) in [5.74, 6) is 0.643. The zero-order chi connectivity index (χ0) is 13.9. The van der Waals surface area contributed by atoms with Gasteiger partial charge in [0.05, 0.1) is 11.0 Å². The van der Waals surface area contributed by atoms with Crippen LogP contribution in [-0.2, 0) is 0 Å². The number of nitrogens with zero attached hydrogens (tertiary/aromatic N) is 4. The molecule has 1 atom stereocenters. The van der Waals surface area contributed by atoms with Gasteiger partial charge < -0.3 is 9.64 Å². The Morgan fingerprint density at radius 3 is 3.15 bits per heavy atom. The summed E-state index contributed by atoms with van der Waals surface area (Å²) in [7, 11) is 0. The minimum atomic E-state index is -0.159. The molecule has 0 aliphatic carbocycles. The van der Waals surface area contributed by atoms with Crippen molar-refractivity contribution in [1.82, 2.24) is 25.1 Å². The smallest absolute Gasteiger partial charge is 0.291 e. The summed E-state index contributed by atoms with van der Waals surface area (Å²) in [5.41, 5.74) is 0. The van der Waals surface area contributed by atoms with Crippen LogP contribution in [0, 0.1) is 0 Å². The third-order valence-corrected chi connectivity index (χ3v) is 3.66. The Hall–Kier alpha value is -1.96. The number of likely N-dealkylation sites (tertiary alicyclic amines) is 1. The summed E-state index contributed by atoms with van der Waals surface area (Å²) < 4.78 is 6.61. The fourth-order valence-electron chi connectivity index (χ4n) is 2.08. The van der Waals surface area contributed by atoms with Crippen LogP contribution in [-0.4, -0.2) is 50.2 Å². The van der Waals surface area contributed by atoms with Crippen LogP contribution in [0.25, 0.3) is 0 Å². The molecule has 3 heterocycles. The predicted molar refractivity (Wildman–Crippen MR) is 73.3 cm³/mol. The zero-order valence-electron chi connectivity index (χ0n) is 10.5. The van der Waals surface area contributed by atoms with Gasteiger partial charge in [0.15, 0.2) is 0 Å². The molecule has 0 radical (unpaired) electrons. The second-order valence-corrected chi connectivity index (χ2v) is 5.26. The molecule has 1 unspecified atom stereocenters. The van der Waals surface area contributed by atoms with Crippen LogP contribution < -0.4 is 4.74 Å². The number of halogens is 1. The van der Waals surface area contributed by atoms with E-state index in [4.69, 9.17) is 4.74 Å². The highest BCUT2D eigenvalue weighted by atomic mass is 79.9. The number of ether oxygens (including phenoxy) is 1. The number of amides is 1. The average Bonchev–Trinajstić information content (AvgIpc) is 3.12. The highest BCUT2D eigenvalue weighted by Gasteiger charge is 2.30. The van der Waals surface area contributed by atoms with E-state index in [0.717, 1.165) is 10.9 Å². The summed E-state index contributed by atoms with van der Waals surface area (Å²) >= 11 is 3.39. The molecule has 104 valence electrons. The Bertz CT molecular complexity index is 604. The van der Waals surface area contributed by atoms with Crippen LogP contribution in [0.15, 0.2) is 29.1 Å². The molecule has 0 saturated carbocycles. The first-order chi connectivity index (χ1) is 9.74. The molecule has 20 heavy (non-hydrogen) atoms. The van der Waals surface area contributed by atoms with E-state index in [9.17, 15) is 4.79 Å². The molecular weight excluding hydrogens is 326 g/mol. The van der Waals surface area contributed by atoms with Crippen molar-refractivity contribution in [3.05, 3.63) is 35.0 Å². The zero-order valence-corrected chi connectivity index (χ0v) is 12.1. The third-order valence-electron chi connectivity index (χ3n) is 3.05. The van der Waals surface area contributed by atoms with Crippen molar-refractivity contribution in [2.75, 3.05) is 13.1 Å². The van der Waals surface area contributed by atoms with Gasteiger partial charge >= 0.3 is 0 Å². The minimum absolute atomic E-state index is 0.0620. The first-order valence-electron chi connectivity index (χ1n) is 6.16. The monoisotopic (exact) mass is 337 g/mol. The molecule has 2 aromatic heterocycles. The maximum atomic E-state index is 12.1. The summed E-state index contributed by atoms with van der Waals surface area (Å²) in [4.78, 5) is 21.8. The lowest BCUT2D eigenvalue weighted by molar-refractivity contribution is 0.0759. The third kappa shape index (κ3) is 2.64. The molecule has 0 aromatic carbocycles. The van der Waals surface area contributed by atoms with E-state index in [0.29, 0.717) is 19.0 Å². The lowest BCUT2D eigenvalue weighted by Crippen LogP contribution is -2.31. The maximum absolute atomic E-state index is 12.1. The van der Waals surface area contributed by atoms with E-state index in [1.165, 1.54) is 6.33 Å². The number of carbonyl (C=O) groups is 1. The van der Waals surface area contributed by atoms with Gasteiger partial charge in [-0.2, -0.15) is 5.10 Å². The van der Waals surface area contributed by atoms with Crippen LogP contribution in [0.2, 0.25) is 0 Å². The van der Waals surface area contributed by atoms with Crippen molar-refractivity contribution in [2.45, 2.75) is 12.5 Å². The van der Waals surface area contributed by atoms with Crippen LogP contribution in [0.3, 0.4) is 0 Å². The first kappa shape index (κ1) is 13.0. The van der Waals surface area contributed by atoms with Gasteiger partial charge in [-0.05, 0) is 28.1 Å². The highest BCUT2D eigenvalue weighted by Crippen LogP contribution is 2.24. The van der Waals surface area contributed by atoms with Crippen molar-refractivity contribution >= 4 is 21.8 Å². The van der Waals surface area contributed by atoms with Crippen molar-refractivity contribution in [1.29, 1.82) is 0 Å². The van der Waals surface area contributed by atoms with E-state index in [-0.39, 0.29) is 17.8 Å². The topological polar surface area (TPSA) is 84.0 Å². The van der Waals surface area contributed by atoms with E-state index in [2.05, 4.69) is 36.1 Å². The van der Waals surface area contributed by atoms with E-state index in [1.54, 1.807) is 11.1 Å². The number of nitrogens with one attached hydrogen (secondary N) is 1. The van der Waals surface area contributed by atoms with Gasteiger partial charge in [-0.1, -0.05) is 0 Å². The molecule has 8 heteroatoms. The van der Waals surface area contributed by atoms with Gasteiger partial charge in [-0.3, -0.25) is 9.89 Å². The van der Waals surface area contributed by atoms with Crippen LogP contribution in [0.1, 0.15) is 17.0 Å². The molecule has 7 nitrogen and oxygen atoms in total. The number of carbonyl (C=O) groups excluding carboxylic acids is 1. The van der Waals surface area contributed by atoms with E-state index < -0.39 is 0 Å². The summed E-state index contributed by atoms with van der Waals surface area (Å²) in [6.45, 7) is 1.15. The van der Waals surface area contributed by atoms with Crippen molar-refractivity contribution in [3.8, 4) is 5.88 Å². The molecule has 0 bridgehead atoms. The van der Waals surface area contributed by atoms with Gasteiger partial charge in [0, 0.05) is 19.2 Å².